The normalized spacial score (nSPS) is 20.0. The number of sulfonamides is 2. The summed E-state index contributed by atoms with van der Waals surface area (Å²) in [7, 11) is -5.89. The van der Waals surface area contributed by atoms with Crippen molar-refractivity contribution in [2.24, 2.45) is 0 Å². The van der Waals surface area contributed by atoms with E-state index in [2.05, 4.69) is 10.0 Å². The Kier molecular flexibility index (Phi) is 9.33. The van der Waals surface area contributed by atoms with Gasteiger partial charge in [-0.15, -0.1) is 0 Å². The van der Waals surface area contributed by atoms with Gasteiger partial charge in [0.05, 0.1) is 22.0 Å². The molecule has 3 aromatic carbocycles. The Hall–Kier alpha value is -2.84. The standard InChI is InChI=1S/C30H37N3O7S2/c1-31-41(35,36)28-11-6-10-27(18-28)39-22-26(34)20-32-25-19-30(40-21-25)13-15-33(16-14-30)42(37,38)29-12-5-9-24(17-29)23-7-3-2-4-8-23/h2-12,17-18,25-26,31-32,34H,13-16,19-22H2,1H3. The summed E-state index contributed by atoms with van der Waals surface area (Å²) in [6, 6.07) is 22.9. The second kappa shape index (κ2) is 12.8. The average Bonchev–Trinajstić information content (AvgIpc) is 3.41. The summed E-state index contributed by atoms with van der Waals surface area (Å²) in [5.74, 6) is 0.349. The zero-order valence-corrected chi connectivity index (χ0v) is 25.1. The number of aliphatic hydroxyl groups excluding tert-OH is 1. The Morgan fingerprint density at radius 3 is 2.38 bits per heavy atom. The smallest absolute Gasteiger partial charge is 0.243 e. The van der Waals surface area contributed by atoms with Crippen molar-refractivity contribution >= 4 is 20.0 Å². The second-order valence-electron chi connectivity index (χ2n) is 10.7. The van der Waals surface area contributed by atoms with Crippen LogP contribution < -0.4 is 14.8 Å². The summed E-state index contributed by atoms with van der Waals surface area (Å²) in [5, 5.41) is 13.8. The molecule has 2 saturated heterocycles. The molecule has 12 heteroatoms. The molecule has 2 fully saturated rings. The number of ether oxygens (including phenoxy) is 2. The zero-order valence-electron chi connectivity index (χ0n) is 23.5. The molecule has 3 aromatic rings. The first-order valence-corrected chi connectivity index (χ1v) is 16.9. The SMILES string of the molecule is CNS(=O)(=O)c1cccc(OCC(O)CNC2COC3(CCN(S(=O)(=O)c4cccc(-c5ccccc5)c4)CC3)C2)c1. The summed E-state index contributed by atoms with van der Waals surface area (Å²) >= 11 is 0. The van der Waals surface area contributed by atoms with Crippen LogP contribution in [0.3, 0.4) is 0 Å². The Labute approximate surface area is 247 Å². The van der Waals surface area contributed by atoms with Gasteiger partial charge >= 0.3 is 0 Å². The number of nitrogens with one attached hydrogen (secondary N) is 2. The third kappa shape index (κ3) is 7.03. The molecule has 0 saturated carbocycles. The number of hydrogen-bond donors (Lipinski definition) is 3. The van der Waals surface area contributed by atoms with Gasteiger partial charge in [-0.25, -0.2) is 21.6 Å². The van der Waals surface area contributed by atoms with Crippen molar-refractivity contribution in [2.45, 2.75) is 46.8 Å². The minimum Gasteiger partial charge on any atom is -0.491 e. The van der Waals surface area contributed by atoms with E-state index in [0.717, 1.165) is 17.5 Å². The van der Waals surface area contributed by atoms with Crippen molar-refractivity contribution in [1.82, 2.24) is 14.3 Å². The molecule has 42 heavy (non-hydrogen) atoms. The van der Waals surface area contributed by atoms with Crippen LogP contribution in [-0.2, 0) is 24.8 Å². The largest absolute Gasteiger partial charge is 0.491 e. The van der Waals surface area contributed by atoms with Gasteiger partial charge in [0.2, 0.25) is 20.0 Å². The molecule has 0 aromatic heterocycles. The molecule has 2 atom stereocenters. The van der Waals surface area contributed by atoms with E-state index >= 15 is 0 Å². The fourth-order valence-electron chi connectivity index (χ4n) is 5.48. The number of nitrogens with zero attached hydrogens (tertiary/aromatic N) is 1. The van der Waals surface area contributed by atoms with E-state index < -0.39 is 31.8 Å². The highest BCUT2D eigenvalue weighted by molar-refractivity contribution is 7.89. The molecular formula is C30H37N3O7S2. The maximum absolute atomic E-state index is 13.5. The minimum atomic E-state index is -3.64. The van der Waals surface area contributed by atoms with Gasteiger partial charge in [-0.2, -0.15) is 4.31 Å². The minimum absolute atomic E-state index is 0.00688. The van der Waals surface area contributed by atoms with E-state index in [1.165, 1.54) is 19.2 Å². The topological polar surface area (TPSA) is 134 Å². The molecule has 0 aliphatic carbocycles. The van der Waals surface area contributed by atoms with Gasteiger partial charge in [0, 0.05) is 31.7 Å². The van der Waals surface area contributed by atoms with Crippen molar-refractivity contribution in [3.05, 3.63) is 78.9 Å². The number of piperidine rings is 1. The molecule has 226 valence electrons. The zero-order chi connectivity index (χ0) is 29.8. The Morgan fingerprint density at radius 1 is 0.952 bits per heavy atom. The van der Waals surface area contributed by atoms with Crippen LogP contribution in [0.25, 0.3) is 11.1 Å². The van der Waals surface area contributed by atoms with Gasteiger partial charge in [-0.05, 0) is 61.7 Å². The van der Waals surface area contributed by atoms with E-state index in [4.69, 9.17) is 9.47 Å². The summed E-state index contributed by atoms with van der Waals surface area (Å²) in [6.45, 7) is 1.50. The summed E-state index contributed by atoms with van der Waals surface area (Å²) in [4.78, 5) is 0.376. The van der Waals surface area contributed by atoms with Crippen LogP contribution in [0.15, 0.2) is 88.7 Å². The molecule has 0 radical (unpaired) electrons. The lowest BCUT2D eigenvalue weighted by Gasteiger charge is -2.38. The third-order valence-corrected chi connectivity index (χ3v) is 11.2. The van der Waals surface area contributed by atoms with E-state index in [0.29, 0.717) is 43.2 Å². The van der Waals surface area contributed by atoms with Gasteiger partial charge in [-0.1, -0.05) is 48.5 Å². The monoisotopic (exact) mass is 615 g/mol. The lowest BCUT2D eigenvalue weighted by atomic mass is 9.88. The Bertz CT molecular complexity index is 1580. The third-order valence-electron chi connectivity index (χ3n) is 7.89. The molecule has 2 heterocycles. The van der Waals surface area contributed by atoms with E-state index in [-0.39, 0.29) is 24.1 Å². The van der Waals surface area contributed by atoms with E-state index in [9.17, 15) is 21.9 Å². The van der Waals surface area contributed by atoms with Gasteiger partial charge in [0.25, 0.3) is 0 Å². The van der Waals surface area contributed by atoms with Crippen LogP contribution in [0.4, 0.5) is 0 Å². The molecule has 0 bridgehead atoms. The van der Waals surface area contributed by atoms with Crippen molar-refractivity contribution < 1.29 is 31.4 Å². The highest BCUT2D eigenvalue weighted by Gasteiger charge is 2.44. The molecule has 2 aliphatic heterocycles. The number of aliphatic hydroxyl groups is 1. The van der Waals surface area contributed by atoms with Crippen LogP contribution in [0.5, 0.6) is 5.75 Å². The lowest BCUT2D eigenvalue weighted by molar-refractivity contribution is -0.0312. The quantitative estimate of drug-likeness (QED) is 0.300. The molecule has 10 nitrogen and oxygen atoms in total. The van der Waals surface area contributed by atoms with E-state index in [1.807, 2.05) is 36.4 Å². The van der Waals surface area contributed by atoms with Crippen molar-refractivity contribution in [2.75, 3.05) is 39.9 Å². The molecular weight excluding hydrogens is 578 g/mol. The van der Waals surface area contributed by atoms with Crippen LogP contribution in [0, 0.1) is 0 Å². The summed E-state index contributed by atoms with van der Waals surface area (Å²) in [5.41, 5.74) is 1.44. The van der Waals surface area contributed by atoms with Gasteiger partial charge in [0.1, 0.15) is 18.5 Å². The lowest BCUT2D eigenvalue weighted by Crippen LogP contribution is -2.47. The van der Waals surface area contributed by atoms with Gasteiger partial charge in [-0.3, -0.25) is 0 Å². The first kappa shape index (κ1) is 30.6. The fourth-order valence-corrected chi connectivity index (χ4v) is 7.73. The van der Waals surface area contributed by atoms with E-state index in [1.54, 1.807) is 34.6 Å². The van der Waals surface area contributed by atoms with Gasteiger partial charge in [0.15, 0.2) is 0 Å². The first-order chi connectivity index (χ1) is 20.1. The maximum Gasteiger partial charge on any atom is 0.243 e. The predicted octanol–water partition coefficient (Wildman–Crippen LogP) is 2.60. The molecule has 1 spiro atoms. The number of rotatable bonds is 11. The fraction of sp³-hybridized carbons (Fsp3) is 0.400. The van der Waals surface area contributed by atoms with Crippen molar-refractivity contribution in [1.29, 1.82) is 0 Å². The molecule has 5 rings (SSSR count). The van der Waals surface area contributed by atoms with Crippen LogP contribution in [-0.4, -0.2) is 83.9 Å². The number of hydrogen-bond acceptors (Lipinski definition) is 8. The predicted molar refractivity (Wildman–Crippen MR) is 159 cm³/mol. The highest BCUT2D eigenvalue weighted by Crippen LogP contribution is 2.37. The van der Waals surface area contributed by atoms with Crippen LogP contribution >= 0.6 is 0 Å². The van der Waals surface area contributed by atoms with Crippen molar-refractivity contribution in [3.8, 4) is 16.9 Å². The average molecular weight is 616 g/mol. The maximum atomic E-state index is 13.5. The highest BCUT2D eigenvalue weighted by atomic mass is 32.2. The second-order valence-corrected chi connectivity index (χ2v) is 14.6. The molecule has 3 N–H and O–H groups in total. The summed E-state index contributed by atoms with van der Waals surface area (Å²) in [6.07, 6.45) is 1.10. The number of benzene rings is 3. The molecule has 0 amide bonds. The Morgan fingerprint density at radius 2 is 1.64 bits per heavy atom. The Balaban J connectivity index is 1.10. The first-order valence-electron chi connectivity index (χ1n) is 14.0. The summed E-state index contributed by atoms with van der Waals surface area (Å²) < 4.78 is 66.5. The molecule has 2 aliphatic rings. The van der Waals surface area contributed by atoms with Crippen LogP contribution in [0.1, 0.15) is 19.3 Å². The van der Waals surface area contributed by atoms with Crippen molar-refractivity contribution in [3.63, 3.8) is 0 Å². The van der Waals surface area contributed by atoms with Gasteiger partial charge < -0.3 is 19.9 Å². The van der Waals surface area contributed by atoms with Crippen LogP contribution in [0.2, 0.25) is 0 Å². The molecule has 2 unspecified atom stereocenters.